The van der Waals surface area contributed by atoms with Crippen LogP contribution in [0.5, 0.6) is 0 Å². The largest absolute Gasteiger partial charge is 0.433 e. The summed E-state index contributed by atoms with van der Waals surface area (Å²) < 4.78 is 39.9. The average Bonchev–Trinajstić information content (AvgIpc) is 2.40. The normalized spacial score (nSPS) is 12.0. The highest BCUT2D eigenvalue weighted by atomic mass is 79.9. The van der Waals surface area contributed by atoms with Crippen molar-refractivity contribution in [1.29, 1.82) is 0 Å². The Morgan fingerprint density at radius 2 is 1.90 bits per heavy atom. The number of nitrogens with zero attached hydrogens (tertiary/aromatic N) is 1. The van der Waals surface area contributed by atoms with Gasteiger partial charge in [0.2, 0.25) is 0 Å². The van der Waals surface area contributed by atoms with E-state index in [-0.39, 0.29) is 0 Å². The molecule has 2 nitrogen and oxygen atoms in total. The highest BCUT2D eigenvalue weighted by Gasteiger charge is 2.33. The molecule has 1 aromatic carbocycles. The minimum absolute atomic E-state index is 0.363. The van der Waals surface area contributed by atoms with Crippen LogP contribution in [0.2, 0.25) is 0 Å². The van der Waals surface area contributed by atoms with Gasteiger partial charge >= 0.3 is 6.18 Å². The fourth-order valence-electron chi connectivity index (χ4n) is 2.28. The van der Waals surface area contributed by atoms with Crippen LogP contribution in [-0.2, 0) is 6.18 Å². The number of rotatable bonds is 3. The van der Waals surface area contributed by atoms with Gasteiger partial charge in [-0.05, 0) is 43.5 Å². The van der Waals surface area contributed by atoms with Gasteiger partial charge in [-0.15, -0.1) is 0 Å². The Kier molecular flexibility index (Phi) is 4.46. The predicted molar refractivity (Wildman–Crippen MR) is 82.7 cm³/mol. The second kappa shape index (κ2) is 5.83. The average molecular weight is 361 g/mol. The van der Waals surface area contributed by atoms with Gasteiger partial charge in [0.25, 0.3) is 0 Å². The van der Waals surface area contributed by atoms with Crippen LogP contribution in [0.25, 0.3) is 10.9 Å². The Morgan fingerprint density at radius 1 is 1.24 bits per heavy atom. The highest BCUT2D eigenvalue weighted by Crippen LogP contribution is 2.37. The van der Waals surface area contributed by atoms with Gasteiger partial charge in [-0.25, -0.2) is 4.98 Å². The van der Waals surface area contributed by atoms with E-state index in [9.17, 15) is 13.2 Å². The first-order chi connectivity index (χ1) is 9.75. The molecule has 0 aliphatic heterocycles. The van der Waals surface area contributed by atoms with E-state index in [1.54, 1.807) is 6.07 Å². The molecule has 0 radical (unpaired) electrons. The van der Waals surface area contributed by atoms with Crippen LogP contribution in [-0.4, -0.2) is 11.5 Å². The SMILES string of the molecule is CCCNc1cc(C(F)(F)F)nc2cc(C)c(Br)c(C)c12. The lowest BCUT2D eigenvalue weighted by molar-refractivity contribution is -0.140. The van der Waals surface area contributed by atoms with Crippen LogP contribution in [0.15, 0.2) is 16.6 Å². The van der Waals surface area contributed by atoms with Crippen LogP contribution in [0.3, 0.4) is 0 Å². The lowest BCUT2D eigenvalue weighted by atomic mass is 10.0. The molecule has 1 heterocycles. The Labute approximate surface area is 129 Å². The molecule has 0 saturated heterocycles. The summed E-state index contributed by atoms with van der Waals surface area (Å²) in [6, 6.07) is 2.77. The molecule has 0 aliphatic rings. The Hall–Kier alpha value is -1.30. The van der Waals surface area contributed by atoms with E-state index >= 15 is 0 Å². The fraction of sp³-hybridized carbons (Fsp3) is 0.400. The number of alkyl halides is 3. The summed E-state index contributed by atoms with van der Waals surface area (Å²) in [5.41, 5.74) is 1.74. The molecule has 2 rings (SSSR count). The summed E-state index contributed by atoms with van der Waals surface area (Å²) in [5, 5.41) is 3.81. The van der Waals surface area contributed by atoms with E-state index in [2.05, 4.69) is 26.2 Å². The zero-order chi connectivity index (χ0) is 15.8. The van der Waals surface area contributed by atoms with Crippen LogP contribution in [0, 0.1) is 13.8 Å². The third kappa shape index (κ3) is 3.15. The molecule has 2 aromatic rings. The number of fused-ring (bicyclic) bond motifs is 1. The maximum absolute atomic E-state index is 13.0. The Morgan fingerprint density at radius 3 is 2.48 bits per heavy atom. The lowest BCUT2D eigenvalue weighted by Gasteiger charge is -2.16. The molecule has 0 amide bonds. The molecule has 0 saturated carbocycles. The maximum Gasteiger partial charge on any atom is 0.433 e. The standard InChI is InChI=1S/C15H16BrF3N2/c1-4-5-20-10-7-12(15(17,18)19)21-11-6-8(2)14(16)9(3)13(10)11/h6-7H,4-5H2,1-3H3,(H,20,21). The zero-order valence-corrected chi connectivity index (χ0v) is 13.6. The number of pyridine rings is 1. The van der Waals surface area contributed by atoms with E-state index in [0.29, 0.717) is 17.7 Å². The van der Waals surface area contributed by atoms with Crippen molar-refractivity contribution in [1.82, 2.24) is 4.98 Å². The summed E-state index contributed by atoms with van der Waals surface area (Å²) in [6.07, 6.45) is -3.62. The third-order valence-electron chi connectivity index (χ3n) is 3.31. The van der Waals surface area contributed by atoms with Gasteiger partial charge in [-0.3, -0.25) is 0 Å². The summed E-state index contributed by atoms with van der Waals surface area (Å²) in [7, 11) is 0. The van der Waals surface area contributed by atoms with Gasteiger partial charge in [0.1, 0.15) is 5.69 Å². The first kappa shape index (κ1) is 16.1. The quantitative estimate of drug-likeness (QED) is 0.786. The van der Waals surface area contributed by atoms with Gasteiger partial charge in [0.05, 0.1) is 5.52 Å². The van der Waals surface area contributed by atoms with Crippen molar-refractivity contribution in [2.24, 2.45) is 0 Å². The third-order valence-corrected chi connectivity index (χ3v) is 4.53. The monoisotopic (exact) mass is 360 g/mol. The molecule has 0 unspecified atom stereocenters. The molecule has 6 heteroatoms. The minimum Gasteiger partial charge on any atom is -0.384 e. The van der Waals surface area contributed by atoms with Gasteiger partial charge < -0.3 is 5.32 Å². The van der Waals surface area contributed by atoms with E-state index in [4.69, 9.17) is 0 Å². The van der Waals surface area contributed by atoms with Gasteiger partial charge in [-0.2, -0.15) is 13.2 Å². The number of benzene rings is 1. The first-order valence-electron chi connectivity index (χ1n) is 6.67. The molecule has 1 aromatic heterocycles. The lowest BCUT2D eigenvalue weighted by Crippen LogP contribution is -2.11. The Bertz CT molecular complexity index is 681. The van der Waals surface area contributed by atoms with Crippen molar-refractivity contribution in [3.8, 4) is 0 Å². The van der Waals surface area contributed by atoms with Gasteiger partial charge in [0.15, 0.2) is 0 Å². The van der Waals surface area contributed by atoms with Crippen LogP contribution >= 0.6 is 15.9 Å². The number of anilines is 1. The number of hydrogen-bond donors (Lipinski definition) is 1. The molecule has 0 bridgehead atoms. The van der Waals surface area contributed by atoms with Crippen molar-refractivity contribution in [3.63, 3.8) is 0 Å². The summed E-state index contributed by atoms with van der Waals surface area (Å²) >= 11 is 3.48. The first-order valence-corrected chi connectivity index (χ1v) is 7.46. The summed E-state index contributed by atoms with van der Waals surface area (Å²) in [4.78, 5) is 3.79. The van der Waals surface area contributed by atoms with Crippen molar-refractivity contribution in [3.05, 3.63) is 33.4 Å². The second-order valence-electron chi connectivity index (χ2n) is 5.01. The summed E-state index contributed by atoms with van der Waals surface area (Å²) in [6.45, 7) is 6.30. The molecule has 21 heavy (non-hydrogen) atoms. The molecule has 0 spiro atoms. The van der Waals surface area contributed by atoms with E-state index in [1.807, 2.05) is 20.8 Å². The molecule has 1 N–H and O–H groups in total. The highest BCUT2D eigenvalue weighted by molar-refractivity contribution is 9.10. The van der Waals surface area contributed by atoms with Crippen molar-refractivity contribution in [2.75, 3.05) is 11.9 Å². The number of aromatic nitrogens is 1. The topological polar surface area (TPSA) is 24.9 Å². The fourth-order valence-corrected chi connectivity index (χ4v) is 2.59. The molecular weight excluding hydrogens is 345 g/mol. The molecular formula is C15H16BrF3N2. The number of halogens is 4. The van der Waals surface area contributed by atoms with Gasteiger partial charge in [0, 0.05) is 22.1 Å². The smallest absolute Gasteiger partial charge is 0.384 e. The van der Waals surface area contributed by atoms with Crippen molar-refractivity contribution in [2.45, 2.75) is 33.4 Å². The molecule has 0 aliphatic carbocycles. The van der Waals surface area contributed by atoms with Crippen molar-refractivity contribution >= 4 is 32.5 Å². The second-order valence-corrected chi connectivity index (χ2v) is 5.80. The number of aryl methyl sites for hydroxylation is 2. The van der Waals surface area contributed by atoms with E-state index in [0.717, 1.165) is 33.5 Å². The number of hydrogen-bond acceptors (Lipinski definition) is 2. The zero-order valence-electron chi connectivity index (χ0n) is 12.0. The molecule has 114 valence electrons. The van der Waals surface area contributed by atoms with Gasteiger partial charge in [-0.1, -0.05) is 22.9 Å². The predicted octanol–water partition coefficient (Wildman–Crippen LogP) is 5.45. The number of nitrogens with one attached hydrogen (secondary N) is 1. The van der Waals surface area contributed by atoms with Crippen LogP contribution in [0.1, 0.15) is 30.2 Å². The maximum atomic E-state index is 13.0. The van der Waals surface area contributed by atoms with E-state index in [1.165, 1.54) is 0 Å². The minimum atomic E-state index is -4.45. The summed E-state index contributed by atoms with van der Waals surface area (Å²) in [5.74, 6) is 0. The molecule has 0 fully saturated rings. The molecule has 0 atom stereocenters. The van der Waals surface area contributed by atoms with Crippen molar-refractivity contribution < 1.29 is 13.2 Å². The van der Waals surface area contributed by atoms with Crippen LogP contribution < -0.4 is 5.32 Å². The van der Waals surface area contributed by atoms with E-state index < -0.39 is 11.9 Å². The van der Waals surface area contributed by atoms with Crippen LogP contribution in [0.4, 0.5) is 18.9 Å². The Balaban J connectivity index is 2.78.